The molecule has 0 amide bonds. The fourth-order valence-electron chi connectivity index (χ4n) is 2.11. The van der Waals surface area contributed by atoms with Crippen LogP contribution in [0.15, 0.2) is 0 Å². The molecule has 11 heavy (non-hydrogen) atoms. The number of hydrogen-bond donors (Lipinski definition) is 1. The molecule has 1 fully saturated rings. The van der Waals surface area contributed by atoms with Crippen molar-refractivity contribution in [2.45, 2.75) is 39.4 Å². The van der Waals surface area contributed by atoms with Crippen LogP contribution in [0.2, 0.25) is 0 Å². The monoisotopic (exact) mass is 157 g/mol. The Kier molecular flexibility index (Phi) is 2.90. The molecule has 0 aromatic rings. The number of hydrogen-bond acceptors (Lipinski definition) is 2. The lowest BCUT2D eigenvalue weighted by Gasteiger charge is -2.37. The zero-order valence-electron chi connectivity index (χ0n) is 7.71. The average molecular weight is 157 g/mol. The number of rotatable bonds is 1. The van der Waals surface area contributed by atoms with Crippen molar-refractivity contribution in [3.05, 3.63) is 0 Å². The zero-order valence-corrected chi connectivity index (χ0v) is 7.71. The summed E-state index contributed by atoms with van der Waals surface area (Å²) in [5, 5.41) is 0. The molecule has 4 atom stereocenters. The van der Waals surface area contributed by atoms with Gasteiger partial charge in [-0.15, -0.1) is 0 Å². The standard InChI is InChI=1S/C9H19NO/c1-6-4-7(2)11-8(3)9(6)5-10/h6-9H,4-5,10H2,1-3H3/t6?,7-,8-,9?/m0/s1. The van der Waals surface area contributed by atoms with Crippen molar-refractivity contribution in [3.63, 3.8) is 0 Å². The van der Waals surface area contributed by atoms with Gasteiger partial charge < -0.3 is 10.5 Å². The fraction of sp³-hybridized carbons (Fsp3) is 1.00. The maximum absolute atomic E-state index is 5.68. The van der Waals surface area contributed by atoms with Gasteiger partial charge in [0.25, 0.3) is 0 Å². The highest BCUT2D eigenvalue weighted by atomic mass is 16.5. The Bertz CT molecular complexity index is 115. The predicted molar refractivity (Wildman–Crippen MR) is 46.3 cm³/mol. The molecule has 0 radical (unpaired) electrons. The van der Waals surface area contributed by atoms with Crippen LogP contribution in [0.5, 0.6) is 0 Å². The van der Waals surface area contributed by atoms with Crippen LogP contribution in [0.4, 0.5) is 0 Å². The third-order valence-electron chi connectivity index (χ3n) is 2.76. The Labute approximate surface area is 69.1 Å². The smallest absolute Gasteiger partial charge is 0.0593 e. The summed E-state index contributed by atoms with van der Waals surface area (Å²) in [6.07, 6.45) is 1.92. The first kappa shape index (κ1) is 9.01. The molecule has 0 aromatic heterocycles. The highest BCUT2D eigenvalue weighted by Gasteiger charge is 2.30. The van der Waals surface area contributed by atoms with Crippen molar-refractivity contribution >= 4 is 0 Å². The molecule has 2 N–H and O–H groups in total. The van der Waals surface area contributed by atoms with Gasteiger partial charge in [0.1, 0.15) is 0 Å². The summed E-state index contributed by atoms with van der Waals surface area (Å²) in [5.74, 6) is 1.28. The van der Waals surface area contributed by atoms with Crippen molar-refractivity contribution in [2.75, 3.05) is 6.54 Å². The highest BCUT2D eigenvalue weighted by Crippen LogP contribution is 2.29. The lowest BCUT2D eigenvalue weighted by atomic mass is 9.83. The van der Waals surface area contributed by atoms with Gasteiger partial charge in [-0.2, -0.15) is 0 Å². The minimum atomic E-state index is 0.346. The molecule has 1 heterocycles. The van der Waals surface area contributed by atoms with Crippen molar-refractivity contribution in [1.82, 2.24) is 0 Å². The van der Waals surface area contributed by atoms with E-state index in [2.05, 4.69) is 20.8 Å². The van der Waals surface area contributed by atoms with E-state index in [-0.39, 0.29) is 0 Å². The molecule has 1 rings (SSSR count). The first-order valence-corrected chi connectivity index (χ1v) is 4.50. The molecule has 0 bridgehead atoms. The molecule has 1 aliphatic rings. The van der Waals surface area contributed by atoms with E-state index in [9.17, 15) is 0 Å². The summed E-state index contributed by atoms with van der Waals surface area (Å²) in [7, 11) is 0. The summed E-state index contributed by atoms with van der Waals surface area (Å²) in [6, 6.07) is 0. The first-order valence-electron chi connectivity index (χ1n) is 4.50. The molecule has 0 spiro atoms. The lowest BCUT2D eigenvalue weighted by Crippen LogP contribution is -2.41. The molecule has 2 heteroatoms. The van der Waals surface area contributed by atoms with Crippen LogP contribution in [0.25, 0.3) is 0 Å². The van der Waals surface area contributed by atoms with E-state index >= 15 is 0 Å². The van der Waals surface area contributed by atoms with E-state index in [0.717, 1.165) is 18.9 Å². The van der Waals surface area contributed by atoms with Crippen LogP contribution in [-0.4, -0.2) is 18.8 Å². The average Bonchev–Trinajstić information content (AvgIpc) is 1.85. The summed E-state index contributed by atoms with van der Waals surface area (Å²) < 4.78 is 5.68. The van der Waals surface area contributed by atoms with E-state index in [1.54, 1.807) is 0 Å². The van der Waals surface area contributed by atoms with Crippen LogP contribution in [-0.2, 0) is 4.74 Å². The maximum Gasteiger partial charge on any atom is 0.0593 e. The second kappa shape index (κ2) is 3.55. The Balaban J connectivity index is 2.52. The van der Waals surface area contributed by atoms with E-state index < -0.39 is 0 Å². The third kappa shape index (κ3) is 1.94. The van der Waals surface area contributed by atoms with Crippen molar-refractivity contribution in [1.29, 1.82) is 0 Å². The van der Waals surface area contributed by atoms with E-state index in [4.69, 9.17) is 10.5 Å². The highest BCUT2D eigenvalue weighted by molar-refractivity contribution is 4.80. The second-order valence-corrected chi connectivity index (χ2v) is 3.76. The third-order valence-corrected chi connectivity index (χ3v) is 2.76. The molecule has 2 unspecified atom stereocenters. The number of nitrogens with two attached hydrogens (primary N) is 1. The van der Waals surface area contributed by atoms with Gasteiger partial charge in [-0.1, -0.05) is 6.92 Å². The minimum absolute atomic E-state index is 0.346. The Morgan fingerprint density at radius 3 is 2.45 bits per heavy atom. The summed E-state index contributed by atoms with van der Waals surface area (Å²) >= 11 is 0. The van der Waals surface area contributed by atoms with Crippen molar-refractivity contribution < 1.29 is 4.74 Å². The molecular formula is C9H19NO. The van der Waals surface area contributed by atoms with Gasteiger partial charge in [0.15, 0.2) is 0 Å². The molecular weight excluding hydrogens is 138 g/mol. The topological polar surface area (TPSA) is 35.2 Å². The van der Waals surface area contributed by atoms with Gasteiger partial charge in [0, 0.05) is 0 Å². The lowest BCUT2D eigenvalue weighted by molar-refractivity contribution is -0.0854. The Hall–Kier alpha value is -0.0800. The minimum Gasteiger partial charge on any atom is -0.375 e. The maximum atomic E-state index is 5.68. The van der Waals surface area contributed by atoms with Gasteiger partial charge in [-0.3, -0.25) is 0 Å². The van der Waals surface area contributed by atoms with Gasteiger partial charge in [0.05, 0.1) is 12.2 Å². The predicted octanol–water partition coefficient (Wildman–Crippen LogP) is 1.39. The van der Waals surface area contributed by atoms with Gasteiger partial charge in [0.2, 0.25) is 0 Å². The van der Waals surface area contributed by atoms with E-state index in [1.165, 1.54) is 0 Å². The second-order valence-electron chi connectivity index (χ2n) is 3.76. The molecule has 1 aliphatic heterocycles. The van der Waals surface area contributed by atoms with Crippen LogP contribution < -0.4 is 5.73 Å². The summed E-state index contributed by atoms with van der Waals surface area (Å²) in [4.78, 5) is 0. The number of ether oxygens (including phenoxy) is 1. The van der Waals surface area contributed by atoms with Crippen LogP contribution in [0, 0.1) is 11.8 Å². The van der Waals surface area contributed by atoms with Crippen LogP contribution >= 0.6 is 0 Å². The Morgan fingerprint density at radius 2 is 2.00 bits per heavy atom. The van der Waals surface area contributed by atoms with E-state index in [0.29, 0.717) is 18.1 Å². The summed E-state index contributed by atoms with van der Waals surface area (Å²) in [5.41, 5.74) is 5.65. The van der Waals surface area contributed by atoms with Crippen LogP contribution in [0.3, 0.4) is 0 Å². The van der Waals surface area contributed by atoms with Gasteiger partial charge >= 0.3 is 0 Å². The molecule has 0 aliphatic carbocycles. The normalized spacial score (nSPS) is 45.8. The molecule has 1 saturated heterocycles. The van der Waals surface area contributed by atoms with Crippen LogP contribution in [0.1, 0.15) is 27.2 Å². The first-order chi connectivity index (χ1) is 5.15. The zero-order chi connectivity index (χ0) is 8.43. The van der Waals surface area contributed by atoms with Gasteiger partial charge in [-0.05, 0) is 38.6 Å². The summed E-state index contributed by atoms with van der Waals surface area (Å²) in [6.45, 7) is 7.30. The molecule has 0 saturated carbocycles. The van der Waals surface area contributed by atoms with Crippen molar-refractivity contribution in [3.8, 4) is 0 Å². The van der Waals surface area contributed by atoms with Gasteiger partial charge in [-0.25, -0.2) is 0 Å². The fourth-order valence-corrected chi connectivity index (χ4v) is 2.11. The van der Waals surface area contributed by atoms with E-state index in [1.807, 2.05) is 0 Å². The largest absolute Gasteiger partial charge is 0.375 e. The molecule has 66 valence electrons. The Morgan fingerprint density at radius 1 is 1.36 bits per heavy atom. The van der Waals surface area contributed by atoms with Crippen molar-refractivity contribution in [2.24, 2.45) is 17.6 Å². The quantitative estimate of drug-likeness (QED) is 0.624. The SMILES string of the molecule is CC1C[C@H](C)O[C@@H](C)C1CN. The molecule has 2 nitrogen and oxygen atoms in total. The molecule has 0 aromatic carbocycles.